The molecule has 1 radical (unpaired) electrons. The summed E-state index contributed by atoms with van der Waals surface area (Å²) in [4.78, 5) is 13.2. The van der Waals surface area contributed by atoms with E-state index in [2.05, 4.69) is 71.0 Å². The minimum Gasteiger partial charge on any atom is -0.486 e. The first-order valence-corrected chi connectivity index (χ1v) is 15.4. The Morgan fingerprint density at radius 1 is 0.757 bits per heavy atom. The predicted molar refractivity (Wildman–Crippen MR) is 150 cm³/mol. The van der Waals surface area contributed by atoms with Crippen LogP contribution in [0.3, 0.4) is 0 Å². The molecule has 6 rings (SSSR count). The Morgan fingerprint density at radius 2 is 1.54 bits per heavy atom. The number of rotatable bonds is 3. The Labute approximate surface area is 232 Å². The fourth-order valence-corrected chi connectivity index (χ4v) is 4.91. The molecule has 0 N–H and O–H groups in total. The third-order valence-corrected chi connectivity index (χ3v) is 8.01. The molecule has 4 nitrogen and oxygen atoms in total. The molecule has 0 unspecified atom stereocenters. The van der Waals surface area contributed by atoms with Crippen LogP contribution in [-0.2, 0) is 20.1 Å². The summed E-state index contributed by atoms with van der Waals surface area (Å²) in [7, 11) is -1.32. The van der Waals surface area contributed by atoms with Crippen molar-refractivity contribution in [2.24, 2.45) is 0 Å². The van der Waals surface area contributed by atoms with Crippen LogP contribution in [0.4, 0.5) is 0 Å². The van der Waals surface area contributed by atoms with Crippen LogP contribution in [0.5, 0.6) is 0 Å². The smallest absolute Gasteiger partial charge is 0.216 e. The molecule has 0 atom stereocenters. The third-order valence-electron chi connectivity index (χ3n) is 5.98. The van der Waals surface area contributed by atoms with Gasteiger partial charge in [-0.3, -0.25) is 0 Å². The number of furan rings is 1. The number of aromatic nitrogens is 3. The number of fused-ring (bicyclic) bond motifs is 3. The molecule has 0 fully saturated rings. The second-order valence-electron chi connectivity index (χ2n) is 9.76. The van der Waals surface area contributed by atoms with E-state index < -0.39 is 8.07 Å². The molecule has 37 heavy (non-hydrogen) atoms. The molecule has 0 saturated heterocycles. The first-order valence-electron chi connectivity index (χ1n) is 11.9. The molecule has 4 aromatic heterocycles. The monoisotopic (exact) mass is 678 g/mol. The van der Waals surface area contributed by atoms with Gasteiger partial charge >= 0.3 is 0 Å². The average Bonchev–Trinajstić information content (AvgIpc) is 3.28. The maximum atomic E-state index is 5.75. The van der Waals surface area contributed by atoms with Gasteiger partial charge in [0.15, 0.2) is 0 Å². The maximum absolute atomic E-state index is 5.75. The number of aryl methyl sites for hydroxylation is 1. The van der Waals surface area contributed by atoms with Crippen molar-refractivity contribution in [2.45, 2.75) is 26.6 Å². The summed E-state index contributed by atoms with van der Waals surface area (Å²) in [6.07, 6.45) is 5.62. The van der Waals surface area contributed by atoms with Crippen molar-refractivity contribution in [1.29, 1.82) is 0 Å². The Hall–Kier alpha value is -3.44. The molecule has 0 spiro atoms. The van der Waals surface area contributed by atoms with Crippen molar-refractivity contribution in [1.82, 2.24) is 15.0 Å². The maximum Gasteiger partial charge on any atom is 0.216 e. The van der Waals surface area contributed by atoms with Gasteiger partial charge in [0, 0.05) is 44.1 Å². The van der Waals surface area contributed by atoms with E-state index in [-0.39, 0.29) is 20.1 Å². The van der Waals surface area contributed by atoms with Crippen LogP contribution in [-0.4, -0.2) is 23.0 Å². The van der Waals surface area contributed by atoms with E-state index in [1.807, 2.05) is 67.8 Å². The molecule has 6 heteroatoms. The molecule has 0 saturated carbocycles. The summed E-state index contributed by atoms with van der Waals surface area (Å²) in [5.74, 6) is 0. The van der Waals surface area contributed by atoms with Gasteiger partial charge in [0.1, 0.15) is 0 Å². The van der Waals surface area contributed by atoms with Crippen LogP contribution in [0, 0.1) is 19.1 Å². The second-order valence-corrected chi connectivity index (χ2v) is 14.8. The largest absolute Gasteiger partial charge is 0.486 e. The van der Waals surface area contributed by atoms with Crippen LogP contribution in [0.15, 0.2) is 95.8 Å². The summed E-state index contributed by atoms with van der Waals surface area (Å²) in [6.45, 7) is 9.01. The number of benzene rings is 2. The molecule has 6 aromatic rings. The fraction of sp³-hybridized carbons (Fsp3) is 0.129. The molecule has 0 amide bonds. The van der Waals surface area contributed by atoms with Crippen LogP contribution in [0.2, 0.25) is 19.6 Å². The molecule has 0 aliphatic rings. The van der Waals surface area contributed by atoms with Crippen LogP contribution in [0.1, 0.15) is 5.56 Å². The number of hydrogen-bond acceptors (Lipinski definition) is 4. The summed E-state index contributed by atoms with van der Waals surface area (Å²) in [5.41, 5.74) is 6.59. The zero-order valence-corrected chi connectivity index (χ0v) is 24.6. The molecule has 4 heterocycles. The SMILES string of the molecule is C[Si](C)(C)c1ccc(-c2[c-]cc3oc4ncccc4c3c2)nc1.Cc1ccc(-c2[c-]cccc2)nc1.[Ir]. The van der Waals surface area contributed by atoms with E-state index in [1.165, 1.54) is 10.8 Å². The zero-order valence-electron chi connectivity index (χ0n) is 21.2. The standard InChI is InChI=1S/C19H17N2OSi.C12H10N.Ir/c1-23(2,3)14-7-8-17(21-12-14)13-6-9-18-16(11-13)15-5-4-10-20-19(15)22-18;1-10-7-8-12(13-9-10)11-5-3-2-4-6-11;/h4-5,7-12H,1-3H3;2-5,7-9H,1H3;/q2*-1;. The molecule has 0 bridgehead atoms. The van der Waals surface area contributed by atoms with Gasteiger partial charge in [0.05, 0.1) is 13.7 Å². The number of hydrogen-bond donors (Lipinski definition) is 0. The minimum absolute atomic E-state index is 0. The van der Waals surface area contributed by atoms with Gasteiger partial charge in [-0.05, 0) is 41.2 Å². The van der Waals surface area contributed by atoms with Crippen molar-refractivity contribution in [2.75, 3.05) is 0 Å². The van der Waals surface area contributed by atoms with E-state index in [0.29, 0.717) is 5.71 Å². The number of pyridine rings is 3. The second kappa shape index (κ2) is 11.3. The Kier molecular flexibility index (Phi) is 8.13. The topological polar surface area (TPSA) is 51.8 Å². The van der Waals surface area contributed by atoms with Gasteiger partial charge in [-0.15, -0.1) is 59.7 Å². The Bertz CT molecular complexity index is 1610. The van der Waals surface area contributed by atoms with Gasteiger partial charge in [0.25, 0.3) is 0 Å². The predicted octanol–water partition coefficient (Wildman–Crippen LogP) is 7.24. The molecular weight excluding hydrogens is 651 g/mol. The van der Waals surface area contributed by atoms with E-state index in [4.69, 9.17) is 4.42 Å². The third kappa shape index (κ3) is 6.11. The molecule has 187 valence electrons. The van der Waals surface area contributed by atoms with Gasteiger partial charge in [-0.2, -0.15) is 0 Å². The summed E-state index contributed by atoms with van der Waals surface area (Å²) in [5, 5.41) is 3.44. The number of nitrogens with zero attached hydrogens (tertiary/aromatic N) is 3. The quantitative estimate of drug-likeness (QED) is 0.146. The normalized spacial score (nSPS) is 11.0. The van der Waals surface area contributed by atoms with Crippen molar-refractivity contribution in [3.05, 3.63) is 109 Å². The summed E-state index contributed by atoms with van der Waals surface area (Å²) >= 11 is 0. The fourth-order valence-electron chi connectivity index (χ4n) is 3.88. The zero-order chi connectivity index (χ0) is 25.1. The van der Waals surface area contributed by atoms with Crippen LogP contribution < -0.4 is 5.19 Å². The minimum atomic E-state index is -1.32. The van der Waals surface area contributed by atoms with Gasteiger partial charge < -0.3 is 14.4 Å². The van der Waals surface area contributed by atoms with E-state index in [1.54, 1.807) is 6.20 Å². The summed E-state index contributed by atoms with van der Waals surface area (Å²) < 4.78 is 5.75. The van der Waals surface area contributed by atoms with Crippen LogP contribution >= 0.6 is 0 Å². The van der Waals surface area contributed by atoms with Crippen molar-refractivity contribution < 1.29 is 24.5 Å². The van der Waals surface area contributed by atoms with Gasteiger partial charge in [-0.25, -0.2) is 4.98 Å². The first-order chi connectivity index (χ1) is 17.4. The summed E-state index contributed by atoms with van der Waals surface area (Å²) in [6, 6.07) is 30.5. The average molecular weight is 678 g/mol. The van der Waals surface area contributed by atoms with Crippen LogP contribution in [0.25, 0.3) is 44.6 Å². The van der Waals surface area contributed by atoms with Gasteiger partial charge in [0.2, 0.25) is 5.71 Å². The Balaban J connectivity index is 0.000000195. The van der Waals surface area contributed by atoms with Crippen molar-refractivity contribution in [3.8, 4) is 22.5 Å². The molecule has 2 aromatic carbocycles. The van der Waals surface area contributed by atoms with Crippen molar-refractivity contribution >= 4 is 35.3 Å². The molecule has 0 aliphatic carbocycles. The van der Waals surface area contributed by atoms with E-state index in [9.17, 15) is 0 Å². The Morgan fingerprint density at radius 3 is 2.22 bits per heavy atom. The first kappa shape index (κ1) is 26.6. The van der Waals surface area contributed by atoms with E-state index >= 15 is 0 Å². The molecular formula is C31H27IrN3OSi-2. The molecule has 0 aliphatic heterocycles. The van der Waals surface area contributed by atoms with Crippen molar-refractivity contribution in [3.63, 3.8) is 0 Å². The van der Waals surface area contributed by atoms with E-state index in [0.717, 1.165) is 38.9 Å². The van der Waals surface area contributed by atoms with Gasteiger partial charge in [-0.1, -0.05) is 49.3 Å².